The van der Waals surface area contributed by atoms with E-state index in [0.717, 1.165) is 49.3 Å². The minimum Gasteiger partial charge on any atom is -1.00 e. The average Bonchev–Trinajstić information content (AvgIpc) is 1.12. The zero-order valence-electron chi connectivity index (χ0n) is 58.0. The number of nitrogens with zero attached hydrogens (tertiary/aromatic N) is 4. The second-order valence-electron chi connectivity index (χ2n) is 25.9. The molecule has 1 aromatic heterocycles. The molecule has 16 rings (SSSR count). The molecule has 4 nitrogen and oxygen atoms in total. The van der Waals surface area contributed by atoms with Crippen LogP contribution in [0.4, 0.5) is 0 Å². The lowest BCUT2D eigenvalue weighted by molar-refractivity contribution is -0.001000. The van der Waals surface area contributed by atoms with Crippen LogP contribution in [0.25, 0.3) is 43.1 Å². The van der Waals surface area contributed by atoms with Crippen LogP contribution >= 0.6 is 61.1 Å². The summed E-state index contributed by atoms with van der Waals surface area (Å²) in [7, 11) is -3.43. The van der Waals surface area contributed by atoms with Crippen molar-refractivity contribution in [1.29, 1.82) is 0 Å². The summed E-state index contributed by atoms with van der Waals surface area (Å²) in [5.41, 5.74) is 5.42. The quantitative estimate of drug-likeness (QED) is 0.0221. The van der Waals surface area contributed by atoms with Crippen molar-refractivity contribution in [3.63, 3.8) is 0 Å². The summed E-state index contributed by atoms with van der Waals surface area (Å²) in [4.78, 5) is 5.06. The Hall–Kier alpha value is -6.98. The molecule has 2 heterocycles. The van der Waals surface area contributed by atoms with Gasteiger partial charge in [0.2, 0.25) is 0 Å². The van der Waals surface area contributed by atoms with Crippen LogP contribution in [0.15, 0.2) is 377 Å². The maximum absolute atomic E-state index is 5.74. The van der Waals surface area contributed by atoms with E-state index in [9.17, 15) is 0 Å². The van der Waals surface area contributed by atoms with Crippen LogP contribution in [0.2, 0.25) is 0 Å². The fourth-order valence-electron chi connectivity index (χ4n) is 14.4. The van der Waals surface area contributed by atoms with E-state index in [1.165, 1.54) is 114 Å². The van der Waals surface area contributed by atoms with E-state index in [-0.39, 0.29) is 77.4 Å². The van der Waals surface area contributed by atoms with Gasteiger partial charge in [-0.25, -0.2) is 0 Å². The third-order valence-electron chi connectivity index (χ3n) is 19.3. The molecule has 12 heteroatoms. The zero-order valence-corrected chi connectivity index (χ0v) is 70.0. The van der Waals surface area contributed by atoms with Gasteiger partial charge in [0, 0.05) is 61.2 Å². The lowest BCUT2D eigenvalue weighted by atomic mass is 10.1. The number of hydrogen-bond donors (Lipinski definition) is 0. The Kier molecular flexibility index (Phi) is 28.9. The fourth-order valence-corrected chi connectivity index (χ4v) is 25.7. The van der Waals surface area contributed by atoms with Crippen molar-refractivity contribution in [2.75, 3.05) is 22.5 Å². The Morgan fingerprint density at radius 2 is 0.548 bits per heavy atom. The third kappa shape index (κ3) is 18.7. The summed E-state index contributed by atoms with van der Waals surface area (Å²) in [5.74, 6) is 1.07. The van der Waals surface area contributed by atoms with Crippen LogP contribution in [-0.2, 0) is 26.2 Å². The highest BCUT2D eigenvalue weighted by atomic mass is 127. The first-order valence-electron chi connectivity index (χ1n) is 35.0. The van der Waals surface area contributed by atoms with E-state index in [4.69, 9.17) is 12.2 Å². The summed E-state index contributed by atoms with van der Waals surface area (Å²) >= 11 is 10.3. The average molecular weight is 1880 g/mol. The summed E-state index contributed by atoms with van der Waals surface area (Å²) in [5, 5.41) is 19.1. The van der Waals surface area contributed by atoms with Gasteiger partial charge in [0.25, 0.3) is 0 Å². The van der Waals surface area contributed by atoms with E-state index < -0.39 is 14.5 Å². The van der Waals surface area contributed by atoms with Gasteiger partial charge >= 0.3 is 0 Å². The maximum atomic E-state index is 5.74. The van der Waals surface area contributed by atoms with Crippen LogP contribution in [0.5, 0.6) is 0 Å². The number of hydrogen-bond acceptors (Lipinski definition) is 4. The van der Waals surface area contributed by atoms with Gasteiger partial charge in [0.15, 0.2) is 10.3 Å². The first-order valence-corrected chi connectivity index (χ1v) is 42.0. The Morgan fingerprint density at radius 3 is 0.827 bits per heavy atom. The molecule has 0 spiro atoms. The molecule has 1 aliphatic heterocycles. The van der Waals surface area contributed by atoms with Gasteiger partial charge in [-0.3, -0.25) is 0 Å². The molecule has 522 valence electrons. The topological polar surface area (TPSA) is 16.3 Å². The van der Waals surface area contributed by atoms with Crippen molar-refractivity contribution in [2.24, 2.45) is 0 Å². The van der Waals surface area contributed by atoms with Crippen LogP contribution in [0, 0.1) is 4.77 Å². The van der Waals surface area contributed by atoms with Crippen LogP contribution < -0.4 is 104 Å². The van der Waals surface area contributed by atoms with Gasteiger partial charge in [-0.1, -0.05) is 277 Å². The number of imidazole rings is 1. The highest BCUT2D eigenvalue weighted by Crippen LogP contribution is 2.57. The van der Waals surface area contributed by atoms with E-state index in [1.807, 2.05) is 0 Å². The molecule has 0 saturated carbocycles. The van der Waals surface area contributed by atoms with Crippen LogP contribution in [-0.4, -0.2) is 46.9 Å². The lowest BCUT2D eigenvalue weighted by Gasteiger charge is -2.33. The molecule has 104 heavy (non-hydrogen) atoms. The molecule has 1 aliphatic rings. The molecular weight excluding hydrogens is 1790 g/mol. The minimum atomic E-state index is -1.86. The van der Waals surface area contributed by atoms with Crippen molar-refractivity contribution in [1.82, 2.24) is 18.9 Å². The highest BCUT2D eigenvalue weighted by Gasteiger charge is 2.46. The van der Waals surface area contributed by atoms with E-state index >= 15 is 0 Å². The molecule has 0 aliphatic carbocycles. The van der Waals surface area contributed by atoms with Crippen molar-refractivity contribution < 1.29 is 71.9 Å². The van der Waals surface area contributed by atoms with Gasteiger partial charge in [0.05, 0.1) is 12.3 Å². The van der Waals surface area contributed by atoms with Crippen molar-refractivity contribution in [2.45, 2.75) is 44.5 Å². The van der Waals surface area contributed by atoms with Crippen molar-refractivity contribution in [3.05, 3.63) is 404 Å². The number of thioether (sulfide) groups is 1. The maximum Gasteiger partial charge on any atom is 0.180 e. The molecule has 15 aromatic rings. The predicted molar refractivity (Wildman–Crippen MR) is 452 cm³/mol. The molecule has 0 N–H and O–H groups in total. The monoisotopic (exact) mass is 1880 g/mol. The standard InChI is InChI=1S/C46H42N2PS.C25H20N2S.C21H21IP.3HI/c1-4-19-43(20-5-1)49(44-21-6-2-7-22-44,45-23-8-3-9-24-45)31-14-32-50-46-47(35-37-25-27-39-15-10-12-17-41(39)33-37)29-30-48(46)36-38-26-28-40-16-11-13-18-42(40)34-38;28-25-26(17-19-9-11-21-5-1-3-7-23(21)15-19)13-14-27(25)18-20-10-12-22-6-2-4-8-24(22)16-20;22-17-10-18-23(19-11-4-1-5-12-19,20-13-6-2-7-14-20)21-15-8-3-9-16-21;;;/h1-13,15-30,33-34,46H,14,31-32,35-36H2;1-16H,17-18H2;1-9,11-16H,10,17-18H2;3*1H/q+1;;+1;;;/p-3. The van der Waals surface area contributed by atoms with E-state index in [1.54, 1.807) is 0 Å². The van der Waals surface area contributed by atoms with Crippen LogP contribution in [0.1, 0.15) is 35.1 Å². The Bertz CT molecular complexity index is 4880. The Balaban J connectivity index is 0.000000170. The van der Waals surface area contributed by atoms with Gasteiger partial charge in [0.1, 0.15) is 46.4 Å². The lowest BCUT2D eigenvalue weighted by Crippen LogP contribution is -3.00. The summed E-state index contributed by atoms with van der Waals surface area (Å²) in [6.45, 7) is 3.33. The SMILES string of the molecule is C1=CN(Cc2ccc3ccccc3c2)C(SCCC[P+](c2ccccc2)(c2ccccc2)c2ccccc2)N1Cc1ccc2ccccc2c1.ICCC[P+](c1ccccc1)(c1ccccc1)c1ccccc1.S=c1n(Cc2ccc3ccccc3c2)ccn1Cc1ccc2ccccc2c1.[I-].[I-].[I-]. The summed E-state index contributed by atoms with van der Waals surface area (Å²) < 4.78 is 6.33. The molecule has 0 amide bonds. The number of alkyl halides is 1. The van der Waals surface area contributed by atoms with E-state index in [2.05, 4.69) is 430 Å². The largest absolute Gasteiger partial charge is 1.00 e. The third-order valence-corrected chi connectivity index (χ3v) is 31.0. The molecular formula is C92H83I4N4P2S2-. The minimum absolute atomic E-state index is 0. The Morgan fingerprint density at radius 1 is 0.298 bits per heavy atom. The zero-order chi connectivity index (χ0) is 68.5. The first-order chi connectivity index (χ1) is 49.9. The predicted octanol–water partition coefficient (Wildman–Crippen LogP) is 12.4. The Labute approximate surface area is 690 Å². The molecule has 0 saturated heterocycles. The molecule has 0 atom stereocenters. The number of rotatable bonds is 22. The first kappa shape index (κ1) is 78.1. The molecule has 0 bridgehead atoms. The highest BCUT2D eigenvalue weighted by molar-refractivity contribution is 14.1. The van der Waals surface area contributed by atoms with E-state index in [0.29, 0.717) is 0 Å². The number of halogens is 4. The second-order valence-corrected chi connectivity index (χ2v) is 35.7. The summed E-state index contributed by atoms with van der Waals surface area (Å²) in [6, 6.07) is 129. The van der Waals surface area contributed by atoms with Gasteiger partial charge in [-0.2, -0.15) is 0 Å². The van der Waals surface area contributed by atoms with Gasteiger partial charge in [-0.05, 0) is 187 Å². The number of fused-ring (bicyclic) bond motifs is 4. The van der Waals surface area contributed by atoms with Gasteiger partial charge in [-0.15, -0.1) is 11.8 Å². The summed E-state index contributed by atoms with van der Waals surface area (Å²) in [6.07, 6.45) is 13.5. The van der Waals surface area contributed by atoms with Gasteiger partial charge < -0.3 is 90.9 Å². The molecule has 0 unspecified atom stereocenters. The number of aromatic nitrogens is 2. The molecule has 14 aromatic carbocycles. The van der Waals surface area contributed by atoms with Crippen molar-refractivity contribution >= 4 is 136 Å². The van der Waals surface area contributed by atoms with Crippen LogP contribution in [0.3, 0.4) is 0 Å². The number of benzene rings is 14. The molecule has 0 fully saturated rings. The molecule has 0 radical (unpaired) electrons. The second kappa shape index (κ2) is 38.5. The van der Waals surface area contributed by atoms with Crippen molar-refractivity contribution in [3.8, 4) is 0 Å². The fraction of sp³-hybridized carbons (Fsp3) is 0.120. The smallest absolute Gasteiger partial charge is 0.180 e. The normalized spacial score (nSPS) is 12.0.